The smallest absolute Gasteiger partial charge is 0.340 e. The Balaban J connectivity index is 1.71. The van der Waals surface area contributed by atoms with Crippen LogP contribution in [-0.4, -0.2) is 43.4 Å². The summed E-state index contributed by atoms with van der Waals surface area (Å²) in [5, 5.41) is 9.00. The third kappa shape index (κ3) is 4.99. The first-order chi connectivity index (χ1) is 15.2. The predicted molar refractivity (Wildman–Crippen MR) is 123 cm³/mol. The van der Waals surface area contributed by atoms with Crippen molar-refractivity contribution in [1.82, 2.24) is 19.7 Å². The van der Waals surface area contributed by atoms with Crippen LogP contribution in [0.5, 0.6) is 5.75 Å². The van der Waals surface area contributed by atoms with Gasteiger partial charge < -0.3 is 19.0 Å². The van der Waals surface area contributed by atoms with Gasteiger partial charge in [0.2, 0.25) is 0 Å². The van der Waals surface area contributed by atoms with E-state index in [0.717, 1.165) is 0 Å². The van der Waals surface area contributed by atoms with Gasteiger partial charge in [-0.15, -0.1) is 10.2 Å². The maximum Gasteiger partial charge on any atom is 0.340 e. The molecule has 0 amide bonds. The predicted octanol–water partition coefficient (Wildman–Crippen LogP) is 4.53. The number of Topliss-reactive ketones (excluding diaryl/α,β-unsaturated/α-hetero) is 1. The van der Waals surface area contributed by atoms with Gasteiger partial charge in [-0.2, -0.15) is 0 Å². The van der Waals surface area contributed by atoms with Crippen LogP contribution in [0.25, 0.3) is 0 Å². The summed E-state index contributed by atoms with van der Waals surface area (Å²) in [5.74, 6) is 0.589. The number of H-pyrrole nitrogens is 1. The molecule has 0 aliphatic rings. The largest absolute Gasteiger partial charge is 0.484 e. The second kappa shape index (κ2) is 10.2. The van der Waals surface area contributed by atoms with Crippen molar-refractivity contribution in [2.24, 2.45) is 7.05 Å². The lowest BCUT2D eigenvalue weighted by molar-refractivity contribution is 0.0525. The lowest BCUT2D eigenvalue weighted by atomic mass is 10.1. The quantitative estimate of drug-likeness (QED) is 0.275. The van der Waals surface area contributed by atoms with Crippen molar-refractivity contribution in [3.8, 4) is 5.75 Å². The Morgan fingerprint density at radius 2 is 1.97 bits per heavy atom. The molecule has 0 aliphatic heterocycles. The number of ether oxygens (including phenoxy) is 2. The summed E-state index contributed by atoms with van der Waals surface area (Å²) < 4.78 is 12.6. The number of rotatable bonds is 9. The molecule has 0 radical (unpaired) electrons. The topological polar surface area (TPSA) is 99.1 Å². The van der Waals surface area contributed by atoms with Gasteiger partial charge >= 0.3 is 5.97 Å². The zero-order valence-corrected chi connectivity index (χ0v) is 20.1. The number of para-hydroxylation sites is 1. The number of thioether (sulfide) groups is 1. The summed E-state index contributed by atoms with van der Waals surface area (Å²) in [6.07, 6.45) is 0. The molecule has 0 spiro atoms. The van der Waals surface area contributed by atoms with Crippen LogP contribution in [0.15, 0.2) is 29.4 Å². The first-order valence-electron chi connectivity index (χ1n) is 10.1. The molecule has 0 saturated carbocycles. The van der Waals surface area contributed by atoms with Gasteiger partial charge in [-0.1, -0.05) is 35.5 Å². The number of carbonyl (C=O) groups is 2. The normalized spacial score (nSPS) is 11.9. The van der Waals surface area contributed by atoms with Gasteiger partial charge in [0, 0.05) is 12.7 Å². The lowest BCUT2D eigenvalue weighted by Gasteiger charge is -2.11. The van der Waals surface area contributed by atoms with Gasteiger partial charge in [0.25, 0.3) is 0 Å². The standard InChI is InChI=1S/C22H25ClN4O4S/c1-6-30-21(29)18-12(2)19(24-13(18)3)20(28)14(4)32-22-26-25-17(27(22)5)11-31-16-10-8-7-9-15(16)23/h7-10,14,24H,6,11H2,1-5H3. The van der Waals surface area contributed by atoms with E-state index in [1.165, 1.54) is 11.8 Å². The number of benzene rings is 1. The van der Waals surface area contributed by atoms with E-state index < -0.39 is 11.2 Å². The SMILES string of the molecule is CCOC(=O)c1c(C)[nH]c(C(=O)C(C)Sc2nnc(COc3ccccc3Cl)n2C)c1C. The van der Waals surface area contributed by atoms with Gasteiger partial charge in [0.05, 0.1) is 28.1 Å². The van der Waals surface area contributed by atoms with Crippen LogP contribution in [0.1, 0.15) is 51.8 Å². The van der Waals surface area contributed by atoms with Crippen molar-refractivity contribution in [1.29, 1.82) is 0 Å². The maximum atomic E-state index is 13.1. The zero-order valence-electron chi connectivity index (χ0n) is 18.6. The second-order valence-corrected chi connectivity index (χ2v) is 8.86. The highest BCUT2D eigenvalue weighted by molar-refractivity contribution is 8.00. The van der Waals surface area contributed by atoms with Crippen LogP contribution in [-0.2, 0) is 18.4 Å². The maximum absolute atomic E-state index is 13.1. The van der Waals surface area contributed by atoms with E-state index in [4.69, 9.17) is 21.1 Å². The van der Waals surface area contributed by atoms with E-state index in [1.807, 2.05) is 19.2 Å². The monoisotopic (exact) mass is 476 g/mol. The third-order valence-electron chi connectivity index (χ3n) is 4.93. The highest BCUT2D eigenvalue weighted by Crippen LogP contribution is 2.28. The summed E-state index contributed by atoms with van der Waals surface area (Å²) in [7, 11) is 1.81. The van der Waals surface area contributed by atoms with Crippen LogP contribution in [0.4, 0.5) is 0 Å². The summed E-state index contributed by atoms with van der Waals surface area (Å²) >= 11 is 7.40. The molecular formula is C22H25ClN4O4S. The first kappa shape index (κ1) is 23.9. The molecular weight excluding hydrogens is 452 g/mol. The average Bonchev–Trinajstić information content (AvgIpc) is 3.25. The molecule has 1 unspecified atom stereocenters. The van der Waals surface area contributed by atoms with Crippen LogP contribution in [0.2, 0.25) is 5.02 Å². The Bertz CT molecular complexity index is 1140. The number of nitrogens with zero attached hydrogens (tertiary/aromatic N) is 3. The van der Waals surface area contributed by atoms with E-state index in [-0.39, 0.29) is 19.0 Å². The van der Waals surface area contributed by atoms with Crippen molar-refractivity contribution in [2.75, 3.05) is 6.61 Å². The number of carbonyl (C=O) groups excluding carboxylic acids is 2. The number of aryl methyl sites for hydroxylation is 1. The molecule has 3 aromatic rings. The minimum Gasteiger partial charge on any atom is -0.484 e. The number of aromatic amines is 1. The Morgan fingerprint density at radius 3 is 2.66 bits per heavy atom. The van der Waals surface area contributed by atoms with E-state index in [0.29, 0.717) is 44.3 Å². The van der Waals surface area contributed by atoms with Crippen molar-refractivity contribution in [3.05, 3.63) is 57.6 Å². The fourth-order valence-electron chi connectivity index (χ4n) is 3.20. The Labute approximate surface area is 195 Å². The van der Waals surface area contributed by atoms with Crippen LogP contribution < -0.4 is 4.74 Å². The number of esters is 1. The first-order valence-corrected chi connectivity index (χ1v) is 11.3. The van der Waals surface area contributed by atoms with Crippen molar-refractivity contribution >= 4 is 35.1 Å². The van der Waals surface area contributed by atoms with E-state index >= 15 is 0 Å². The van der Waals surface area contributed by atoms with Crippen molar-refractivity contribution in [2.45, 2.75) is 44.7 Å². The summed E-state index contributed by atoms with van der Waals surface area (Å²) in [5.41, 5.74) is 2.00. The van der Waals surface area contributed by atoms with Gasteiger partial charge in [0.1, 0.15) is 12.4 Å². The molecule has 1 atom stereocenters. The summed E-state index contributed by atoms with van der Waals surface area (Å²) in [6.45, 7) is 7.49. The molecule has 170 valence electrons. The van der Waals surface area contributed by atoms with E-state index in [1.54, 1.807) is 44.4 Å². The number of ketones is 1. The van der Waals surface area contributed by atoms with Crippen molar-refractivity contribution < 1.29 is 19.1 Å². The van der Waals surface area contributed by atoms with Crippen LogP contribution >= 0.6 is 23.4 Å². The lowest BCUT2D eigenvalue weighted by Crippen LogP contribution is -2.16. The van der Waals surface area contributed by atoms with Crippen LogP contribution in [0.3, 0.4) is 0 Å². The molecule has 8 nitrogen and oxygen atoms in total. The van der Waals surface area contributed by atoms with Gasteiger partial charge in [-0.05, 0) is 45.4 Å². The molecule has 2 aromatic heterocycles. The Morgan fingerprint density at radius 1 is 1.25 bits per heavy atom. The van der Waals surface area contributed by atoms with Gasteiger partial charge in [-0.3, -0.25) is 4.79 Å². The van der Waals surface area contributed by atoms with Crippen molar-refractivity contribution in [3.63, 3.8) is 0 Å². The molecule has 1 N–H and O–H groups in total. The number of halogens is 1. The Kier molecular flexibility index (Phi) is 7.63. The highest BCUT2D eigenvalue weighted by Gasteiger charge is 2.27. The molecule has 32 heavy (non-hydrogen) atoms. The molecule has 10 heteroatoms. The minimum absolute atomic E-state index is 0.136. The minimum atomic E-state index is -0.456. The molecule has 1 aromatic carbocycles. The van der Waals surface area contributed by atoms with Crippen LogP contribution in [0, 0.1) is 13.8 Å². The average molecular weight is 477 g/mol. The second-order valence-electron chi connectivity index (χ2n) is 7.15. The number of hydrogen-bond acceptors (Lipinski definition) is 7. The summed E-state index contributed by atoms with van der Waals surface area (Å²) in [6, 6.07) is 7.19. The molecule has 0 saturated heterocycles. The van der Waals surface area contributed by atoms with E-state index in [9.17, 15) is 9.59 Å². The fourth-order valence-corrected chi connectivity index (χ4v) is 4.28. The zero-order chi connectivity index (χ0) is 23.4. The summed E-state index contributed by atoms with van der Waals surface area (Å²) in [4.78, 5) is 28.3. The van der Waals surface area contributed by atoms with E-state index in [2.05, 4.69) is 15.2 Å². The molecule has 0 fully saturated rings. The number of aromatic nitrogens is 4. The molecule has 3 rings (SSSR count). The van der Waals surface area contributed by atoms with Gasteiger partial charge in [0.15, 0.2) is 16.8 Å². The number of nitrogens with one attached hydrogen (secondary N) is 1. The molecule has 2 heterocycles. The number of hydrogen-bond donors (Lipinski definition) is 1. The molecule has 0 aliphatic carbocycles. The van der Waals surface area contributed by atoms with Gasteiger partial charge in [-0.25, -0.2) is 4.79 Å². The highest BCUT2D eigenvalue weighted by atomic mass is 35.5. The molecule has 0 bridgehead atoms. The fraction of sp³-hybridized carbons (Fsp3) is 0.364. The third-order valence-corrected chi connectivity index (χ3v) is 6.38. The Hall–Kier alpha value is -2.78.